The predicted octanol–water partition coefficient (Wildman–Crippen LogP) is 4.11. The number of rotatable bonds is 4. The van der Waals surface area contributed by atoms with Gasteiger partial charge in [-0.2, -0.15) is 4.31 Å². The molecule has 0 aliphatic carbocycles. The molecule has 1 amide bonds. The van der Waals surface area contributed by atoms with Gasteiger partial charge in [0.2, 0.25) is 10.0 Å². The number of amides is 1. The Morgan fingerprint density at radius 1 is 0.885 bits per heavy atom. The summed E-state index contributed by atoms with van der Waals surface area (Å²) in [4.78, 5) is 12.5. The van der Waals surface area contributed by atoms with Crippen molar-refractivity contribution in [2.24, 2.45) is 0 Å². The number of sulfonamides is 1. The van der Waals surface area contributed by atoms with Gasteiger partial charge in [0.05, 0.1) is 4.90 Å². The third-order valence-corrected chi connectivity index (χ3v) is 7.05. The topological polar surface area (TPSA) is 66.5 Å². The Morgan fingerprint density at radius 2 is 1.46 bits per heavy atom. The predicted molar refractivity (Wildman–Crippen MR) is 111 cm³/mol. The van der Waals surface area contributed by atoms with Crippen molar-refractivity contribution in [1.29, 1.82) is 0 Å². The normalized spacial score (nSPS) is 16.0. The van der Waals surface area contributed by atoms with Crippen molar-refractivity contribution < 1.29 is 13.2 Å². The first-order chi connectivity index (χ1) is 12.5. The molecule has 3 rings (SSSR count). The Bertz CT molecular complexity index is 857. The van der Waals surface area contributed by atoms with Crippen LogP contribution in [0.15, 0.2) is 53.4 Å². The minimum absolute atomic E-state index is 0.218. The fourth-order valence-electron chi connectivity index (χ4n) is 2.95. The maximum atomic E-state index is 12.8. The summed E-state index contributed by atoms with van der Waals surface area (Å²) in [5.74, 6) is -0.218. The van der Waals surface area contributed by atoms with E-state index >= 15 is 0 Å². The summed E-state index contributed by atoms with van der Waals surface area (Å²) >= 11 is 2.18. The van der Waals surface area contributed by atoms with E-state index in [0.29, 0.717) is 24.3 Å². The lowest BCUT2D eigenvalue weighted by molar-refractivity contribution is 0.102. The Balaban J connectivity index is 1.71. The van der Waals surface area contributed by atoms with Gasteiger partial charge in [-0.3, -0.25) is 4.79 Å². The van der Waals surface area contributed by atoms with Crippen LogP contribution >= 0.6 is 22.6 Å². The van der Waals surface area contributed by atoms with Crippen molar-refractivity contribution in [2.45, 2.75) is 30.6 Å². The summed E-state index contributed by atoms with van der Waals surface area (Å²) in [5.41, 5.74) is 1.13. The summed E-state index contributed by atoms with van der Waals surface area (Å²) in [6.07, 6.45) is 3.97. The third kappa shape index (κ3) is 4.63. The lowest BCUT2D eigenvalue weighted by Crippen LogP contribution is -2.31. The second-order valence-electron chi connectivity index (χ2n) is 6.30. The Labute approximate surface area is 168 Å². The first-order valence-electron chi connectivity index (χ1n) is 8.64. The first-order valence-corrected chi connectivity index (χ1v) is 11.2. The summed E-state index contributed by atoms with van der Waals surface area (Å²) < 4.78 is 28.2. The smallest absolute Gasteiger partial charge is 0.255 e. The Morgan fingerprint density at radius 3 is 2.04 bits per heavy atom. The number of benzene rings is 2. The Kier molecular flexibility index (Phi) is 6.31. The molecule has 1 aliphatic heterocycles. The van der Waals surface area contributed by atoms with E-state index in [-0.39, 0.29) is 10.8 Å². The van der Waals surface area contributed by atoms with Gasteiger partial charge in [0, 0.05) is 27.9 Å². The fourth-order valence-corrected chi connectivity index (χ4v) is 4.82. The highest BCUT2D eigenvalue weighted by molar-refractivity contribution is 14.1. The van der Waals surface area contributed by atoms with E-state index in [2.05, 4.69) is 27.9 Å². The van der Waals surface area contributed by atoms with Gasteiger partial charge < -0.3 is 5.32 Å². The first kappa shape index (κ1) is 19.3. The van der Waals surface area contributed by atoms with E-state index in [1.807, 2.05) is 12.1 Å². The third-order valence-electron chi connectivity index (χ3n) is 4.42. The van der Waals surface area contributed by atoms with Gasteiger partial charge in [0.15, 0.2) is 0 Å². The number of nitrogens with one attached hydrogen (secondary N) is 1. The molecule has 1 fully saturated rings. The standard InChI is InChI=1S/C19H21IN2O3S/c20-16-7-5-15(6-8-16)19(23)21-17-9-11-18(12-10-17)26(24,25)22-13-3-1-2-4-14-22/h5-12H,1-4,13-14H2,(H,21,23). The maximum absolute atomic E-state index is 12.8. The number of anilines is 1. The zero-order chi connectivity index (χ0) is 18.6. The van der Waals surface area contributed by atoms with Crippen molar-refractivity contribution in [3.63, 3.8) is 0 Å². The molecular formula is C19H21IN2O3S. The molecule has 0 atom stereocenters. The van der Waals surface area contributed by atoms with E-state index in [1.54, 1.807) is 40.7 Å². The molecule has 1 N–H and O–H groups in total. The summed E-state index contributed by atoms with van der Waals surface area (Å²) in [7, 11) is -3.47. The van der Waals surface area contributed by atoms with Crippen LogP contribution in [0.5, 0.6) is 0 Å². The van der Waals surface area contributed by atoms with Crippen LogP contribution in [-0.4, -0.2) is 31.7 Å². The van der Waals surface area contributed by atoms with Gasteiger partial charge in [-0.15, -0.1) is 0 Å². The molecule has 26 heavy (non-hydrogen) atoms. The summed E-state index contributed by atoms with van der Waals surface area (Å²) in [6.45, 7) is 1.15. The van der Waals surface area contributed by atoms with E-state index in [4.69, 9.17) is 0 Å². The molecule has 1 aliphatic rings. The number of hydrogen-bond acceptors (Lipinski definition) is 3. The average molecular weight is 484 g/mol. The van der Waals surface area contributed by atoms with E-state index in [1.165, 1.54) is 0 Å². The number of carbonyl (C=O) groups excluding carboxylic acids is 1. The molecule has 0 radical (unpaired) electrons. The monoisotopic (exact) mass is 484 g/mol. The highest BCUT2D eigenvalue weighted by atomic mass is 127. The van der Waals surface area contributed by atoms with Gasteiger partial charge in [-0.1, -0.05) is 12.8 Å². The lowest BCUT2D eigenvalue weighted by atomic mass is 10.2. The molecule has 1 heterocycles. The van der Waals surface area contributed by atoms with Crippen molar-refractivity contribution in [3.05, 3.63) is 57.7 Å². The second kappa shape index (κ2) is 8.49. The molecule has 0 unspecified atom stereocenters. The largest absolute Gasteiger partial charge is 0.322 e. The van der Waals surface area contributed by atoms with Crippen molar-refractivity contribution in [2.75, 3.05) is 18.4 Å². The van der Waals surface area contributed by atoms with E-state index in [0.717, 1.165) is 29.3 Å². The SMILES string of the molecule is O=C(Nc1ccc(S(=O)(=O)N2CCCCCC2)cc1)c1ccc(I)cc1. The van der Waals surface area contributed by atoms with E-state index in [9.17, 15) is 13.2 Å². The van der Waals surface area contributed by atoms with Crippen LogP contribution < -0.4 is 5.32 Å². The molecule has 5 nitrogen and oxygen atoms in total. The molecule has 0 spiro atoms. The number of hydrogen-bond donors (Lipinski definition) is 1. The molecular weight excluding hydrogens is 463 g/mol. The molecule has 138 valence electrons. The van der Waals surface area contributed by atoms with Gasteiger partial charge >= 0.3 is 0 Å². The van der Waals surface area contributed by atoms with Crippen molar-refractivity contribution in [1.82, 2.24) is 4.31 Å². The van der Waals surface area contributed by atoms with Crippen LogP contribution in [0.25, 0.3) is 0 Å². The summed E-state index contributed by atoms with van der Waals surface area (Å²) in [6, 6.07) is 13.6. The Hall–Kier alpha value is -1.45. The zero-order valence-electron chi connectivity index (χ0n) is 14.3. The molecule has 2 aromatic carbocycles. The van der Waals surface area contributed by atoms with Crippen molar-refractivity contribution in [3.8, 4) is 0 Å². The van der Waals surface area contributed by atoms with Crippen LogP contribution in [-0.2, 0) is 10.0 Å². The average Bonchev–Trinajstić information content (AvgIpc) is 2.93. The summed E-state index contributed by atoms with van der Waals surface area (Å²) in [5, 5.41) is 2.80. The molecule has 0 saturated carbocycles. The van der Waals surface area contributed by atoms with Crippen LogP contribution in [0.3, 0.4) is 0 Å². The van der Waals surface area contributed by atoms with Crippen LogP contribution in [0.2, 0.25) is 0 Å². The number of halogens is 1. The van der Waals surface area contributed by atoms with Crippen LogP contribution in [0.4, 0.5) is 5.69 Å². The second-order valence-corrected chi connectivity index (χ2v) is 9.49. The minimum atomic E-state index is -3.47. The minimum Gasteiger partial charge on any atom is -0.322 e. The number of carbonyl (C=O) groups is 1. The zero-order valence-corrected chi connectivity index (χ0v) is 17.3. The molecule has 1 saturated heterocycles. The highest BCUT2D eigenvalue weighted by Crippen LogP contribution is 2.22. The quantitative estimate of drug-likeness (QED) is 0.665. The maximum Gasteiger partial charge on any atom is 0.255 e. The van der Waals surface area contributed by atoms with Crippen LogP contribution in [0, 0.1) is 3.57 Å². The highest BCUT2D eigenvalue weighted by Gasteiger charge is 2.24. The van der Waals surface area contributed by atoms with Gasteiger partial charge in [0.1, 0.15) is 0 Å². The van der Waals surface area contributed by atoms with Crippen LogP contribution in [0.1, 0.15) is 36.0 Å². The van der Waals surface area contributed by atoms with Gasteiger partial charge in [-0.25, -0.2) is 8.42 Å². The van der Waals surface area contributed by atoms with E-state index < -0.39 is 10.0 Å². The molecule has 7 heteroatoms. The molecule has 2 aromatic rings. The molecule has 0 aromatic heterocycles. The molecule has 0 bridgehead atoms. The lowest BCUT2D eigenvalue weighted by Gasteiger charge is -2.20. The fraction of sp³-hybridized carbons (Fsp3) is 0.316. The van der Waals surface area contributed by atoms with Gasteiger partial charge in [-0.05, 0) is 84.0 Å². The van der Waals surface area contributed by atoms with Crippen molar-refractivity contribution >= 4 is 44.2 Å². The number of nitrogens with zero attached hydrogens (tertiary/aromatic N) is 1. The van der Waals surface area contributed by atoms with Gasteiger partial charge in [0.25, 0.3) is 5.91 Å².